The van der Waals surface area contributed by atoms with Crippen molar-refractivity contribution in [2.45, 2.75) is 52.5 Å². The number of carbonyl (C=O) groups excluding carboxylic acids is 2. The summed E-state index contributed by atoms with van der Waals surface area (Å²) in [4.78, 5) is 25.3. The van der Waals surface area contributed by atoms with E-state index in [-0.39, 0.29) is 18.0 Å². The number of esters is 2. The number of hydrogen-bond acceptors (Lipinski definition) is 5. The summed E-state index contributed by atoms with van der Waals surface area (Å²) in [5.74, 6) is 0.187. The molecule has 1 saturated heterocycles. The fourth-order valence-electron chi connectivity index (χ4n) is 2.65. The lowest BCUT2D eigenvalue weighted by molar-refractivity contribution is -0.150. The van der Waals surface area contributed by atoms with Gasteiger partial charge in [0, 0.05) is 13.0 Å². The van der Waals surface area contributed by atoms with Crippen LogP contribution in [0.4, 0.5) is 0 Å². The summed E-state index contributed by atoms with van der Waals surface area (Å²) in [5, 5.41) is 0. The minimum Gasteiger partial charge on any atom is -0.466 e. The Balaban J connectivity index is 2.38. The summed E-state index contributed by atoms with van der Waals surface area (Å²) < 4.78 is 10.0. The van der Waals surface area contributed by atoms with Gasteiger partial charge in [0.15, 0.2) is 0 Å². The van der Waals surface area contributed by atoms with Crippen molar-refractivity contribution in [2.24, 2.45) is 5.92 Å². The molecule has 5 nitrogen and oxygen atoms in total. The summed E-state index contributed by atoms with van der Waals surface area (Å²) in [7, 11) is 0. The maximum absolute atomic E-state index is 11.8. The van der Waals surface area contributed by atoms with Gasteiger partial charge in [-0.2, -0.15) is 0 Å². The first-order chi connectivity index (χ1) is 9.58. The third-order valence-electron chi connectivity index (χ3n) is 3.79. The van der Waals surface area contributed by atoms with Gasteiger partial charge in [-0.15, -0.1) is 0 Å². The zero-order valence-corrected chi connectivity index (χ0v) is 12.9. The van der Waals surface area contributed by atoms with E-state index in [1.54, 1.807) is 0 Å². The number of likely N-dealkylation sites (tertiary alicyclic amines) is 1. The van der Waals surface area contributed by atoms with Crippen LogP contribution in [0.5, 0.6) is 0 Å². The third-order valence-corrected chi connectivity index (χ3v) is 3.79. The SMILES string of the molecule is CCOC(=O)CCC1CCCN(C(C)C(=O)OCC)C1. The lowest BCUT2D eigenvalue weighted by Gasteiger charge is -2.35. The monoisotopic (exact) mass is 285 g/mol. The molecule has 0 N–H and O–H groups in total. The molecule has 0 aliphatic carbocycles. The van der Waals surface area contributed by atoms with E-state index >= 15 is 0 Å². The first-order valence-electron chi connectivity index (χ1n) is 7.64. The van der Waals surface area contributed by atoms with E-state index in [0.29, 0.717) is 25.6 Å². The Morgan fingerprint density at radius 2 is 1.95 bits per heavy atom. The van der Waals surface area contributed by atoms with Crippen molar-refractivity contribution in [2.75, 3.05) is 26.3 Å². The van der Waals surface area contributed by atoms with Crippen LogP contribution in [0.3, 0.4) is 0 Å². The Labute approximate surface area is 121 Å². The van der Waals surface area contributed by atoms with Crippen molar-refractivity contribution in [1.82, 2.24) is 4.90 Å². The Hall–Kier alpha value is -1.10. The molecule has 0 saturated carbocycles. The van der Waals surface area contributed by atoms with Crippen LogP contribution in [0.1, 0.15) is 46.5 Å². The molecule has 20 heavy (non-hydrogen) atoms. The number of hydrogen-bond donors (Lipinski definition) is 0. The molecule has 0 aromatic rings. The minimum absolute atomic E-state index is 0.122. The molecular weight excluding hydrogens is 258 g/mol. The highest BCUT2D eigenvalue weighted by atomic mass is 16.5. The predicted octanol–water partition coefficient (Wildman–Crippen LogP) is 1.99. The highest BCUT2D eigenvalue weighted by Gasteiger charge is 2.28. The van der Waals surface area contributed by atoms with Gasteiger partial charge in [-0.3, -0.25) is 14.5 Å². The molecule has 1 rings (SSSR count). The van der Waals surface area contributed by atoms with Gasteiger partial charge in [0.25, 0.3) is 0 Å². The number of carbonyl (C=O) groups is 2. The van der Waals surface area contributed by atoms with Gasteiger partial charge in [0.05, 0.1) is 13.2 Å². The molecule has 5 heteroatoms. The Bertz CT molecular complexity index is 319. The average Bonchev–Trinajstić information content (AvgIpc) is 2.45. The van der Waals surface area contributed by atoms with E-state index in [2.05, 4.69) is 4.90 Å². The zero-order chi connectivity index (χ0) is 15.0. The largest absolute Gasteiger partial charge is 0.466 e. The Morgan fingerprint density at radius 1 is 1.25 bits per heavy atom. The molecule has 0 amide bonds. The molecule has 1 aliphatic rings. The van der Waals surface area contributed by atoms with Gasteiger partial charge in [-0.05, 0) is 52.5 Å². The molecule has 0 radical (unpaired) electrons. The molecule has 0 aromatic carbocycles. The highest BCUT2D eigenvalue weighted by Crippen LogP contribution is 2.23. The van der Waals surface area contributed by atoms with E-state index < -0.39 is 0 Å². The maximum atomic E-state index is 11.8. The molecule has 116 valence electrons. The van der Waals surface area contributed by atoms with Crippen LogP contribution < -0.4 is 0 Å². The summed E-state index contributed by atoms with van der Waals surface area (Å²) in [6, 6.07) is -0.194. The van der Waals surface area contributed by atoms with E-state index in [1.807, 2.05) is 20.8 Å². The predicted molar refractivity (Wildman–Crippen MR) is 76.3 cm³/mol. The number of rotatable bonds is 7. The van der Waals surface area contributed by atoms with Crippen LogP contribution in [0.15, 0.2) is 0 Å². The topological polar surface area (TPSA) is 55.8 Å². The minimum atomic E-state index is -0.194. The highest BCUT2D eigenvalue weighted by molar-refractivity contribution is 5.75. The molecular formula is C15H27NO4. The third kappa shape index (κ3) is 5.49. The van der Waals surface area contributed by atoms with Gasteiger partial charge in [-0.25, -0.2) is 0 Å². The van der Waals surface area contributed by atoms with Crippen LogP contribution in [0.25, 0.3) is 0 Å². The van der Waals surface area contributed by atoms with Crippen molar-refractivity contribution < 1.29 is 19.1 Å². The number of piperidine rings is 1. The summed E-state index contributed by atoms with van der Waals surface area (Å²) >= 11 is 0. The second kappa shape index (κ2) is 8.95. The fourth-order valence-corrected chi connectivity index (χ4v) is 2.65. The lowest BCUT2D eigenvalue weighted by Crippen LogP contribution is -2.45. The van der Waals surface area contributed by atoms with Crippen LogP contribution in [-0.2, 0) is 19.1 Å². The molecule has 2 unspecified atom stereocenters. The molecule has 1 fully saturated rings. The van der Waals surface area contributed by atoms with Gasteiger partial charge in [0.2, 0.25) is 0 Å². The first-order valence-corrected chi connectivity index (χ1v) is 7.64. The van der Waals surface area contributed by atoms with Crippen molar-refractivity contribution in [3.8, 4) is 0 Å². The van der Waals surface area contributed by atoms with Gasteiger partial charge in [0.1, 0.15) is 6.04 Å². The first kappa shape index (κ1) is 17.0. The van der Waals surface area contributed by atoms with E-state index in [0.717, 1.165) is 32.4 Å². The van der Waals surface area contributed by atoms with Crippen molar-refractivity contribution in [3.63, 3.8) is 0 Å². The van der Waals surface area contributed by atoms with Gasteiger partial charge < -0.3 is 9.47 Å². The van der Waals surface area contributed by atoms with Gasteiger partial charge in [-0.1, -0.05) is 0 Å². The lowest BCUT2D eigenvalue weighted by atomic mass is 9.92. The second-order valence-corrected chi connectivity index (χ2v) is 5.27. The number of nitrogens with zero attached hydrogens (tertiary/aromatic N) is 1. The van der Waals surface area contributed by atoms with Crippen molar-refractivity contribution in [3.05, 3.63) is 0 Å². The van der Waals surface area contributed by atoms with E-state index in [1.165, 1.54) is 0 Å². The molecule has 2 atom stereocenters. The Kier molecular flexibility index (Phi) is 7.59. The second-order valence-electron chi connectivity index (χ2n) is 5.27. The average molecular weight is 285 g/mol. The van der Waals surface area contributed by atoms with Crippen molar-refractivity contribution >= 4 is 11.9 Å². The van der Waals surface area contributed by atoms with Gasteiger partial charge >= 0.3 is 11.9 Å². The molecule has 0 bridgehead atoms. The standard InChI is InChI=1S/C15H27NO4/c1-4-19-14(17)9-8-13-7-6-10-16(11-13)12(3)15(18)20-5-2/h12-13H,4-11H2,1-3H3. The normalized spacial score (nSPS) is 21.2. The summed E-state index contributed by atoms with van der Waals surface area (Å²) in [6.07, 6.45) is 3.49. The van der Waals surface area contributed by atoms with Crippen LogP contribution in [0.2, 0.25) is 0 Å². The quantitative estimate of drug-likeness (QED) is 0.670. The van der Waals surface area contributed by atoms with Crippen LogP contribution >= 0.6 is 0 Å². The molecule has 1 heterocycles. The Morgan fingerprint density at radius 3 is 2.60 bits per heavy atom. The van der Waals surface area contributed by atoms with E-state index in [4.69, 9.17) is 9.47 Å². The van der Waals surface area contributed by atoms with Crippen LogP contribution in [-0.4, -0.2) is 49.2 Å². The summed E-state index contributed by atoms with van der Waals surface area (Å²) in [6.45, 7) is 8.18. The smallest absolute Gasteiger partial charge is 0.323 e. The summed E-state index contributed by atoms with van der Waals surface area (Å²) in [5.41, 5.74) is 0. The van der Waals surface area contributed by atoms with E-state index in [9.17, 15) is 9.59 Å². The zero-order valence-electron chi connectivity index (χ0n) is 12.9. The fraction of sp³-hybridized carbons (Fsp3) is 0.867. The van der Waals surface area contributed by atoms with Crippen molar-refractivity contribution in [1.29, 1.82) is 0 Å². The van der Waals surface area contributed by atoms with Crippen LogP contribution in [0, 0.1) is 5.92 Å². The molecule has 1 aliphatic heterocycles. The number of ether oxygens (including phenoxy) is 2. The molecule has 0 spiro atoms. The molecule has 0 aromatic heterocycles. The maximum Gasteiger partial charge on any atom is 0.323 e.